The fraction of sp³-hybridized carbons (Fsp3) is 0.409. The van der Waals surface area contributed by atoms with Crippen LogP contribution in [0.15, 0.2) is 54.6 Å². The molecule has 25 heavy (non-hydrogen) atoms. The van der Waals surface area contributed by atoms with E-state index in [1.165, 1.54) is 50.5 Å². The van der Waals surface area contributed by atoms with E-state index in [0.29, 0.717) is 11.5 Å². The van der Waals surface area contributed by atoms with Crippen molar-refractivity contribution in [3.63, 3.8) is 0 Å². The van der Waals surface area contributed by atoms with E-state index in [1.54, 1.807) is 24.3 Å². The second-order valence-electron chi connectivity index (χ2n) is 6.28. The van der Waals surface area contributed by atoms with Gasteiger partial charge in [0, 0.05) is 0 Å². The van der Waals surface area contributed by atoms with Crippen molar-refractivity contribution in [1.29, 1.82) is 0 Å². The van der Waals surface area contributed by atoms with Crippen molar-refractivity contribution >= 4 is 6.16 Å². The first-order valence-corrected chi connectivity index (χ1v) is 9.31. The number of ether oxygens (including phenoxy) is 2. The molecule has 0 fully saturated rings. The molecule has 0 heterocycles. The Morgan fingerprint density at radius 1 is 0.720 bits per heavy atom. The molecule has 0 aliphatic heterocycles. The Labute approximate surface area is 151 Å². The highest BCUT2D eigenvalue weighted by Gasteiger charge is 2.07. The van der Waals surface area contributed by atoms with E-state index in [2.05, 4.69) is 6.92 Å². The molecule has 0 aliphatic carbocycles. The van der Waals surface area contributed by atoms with E-state index >= 15 is 0 Å². The summed E-state index contributed by atoms with van der Waals surface area (Å²) < 4.78 is 10.3. The van der Waals surface area contributed by atoms with Gasteiger partial charge in [-0.15, -0.1) is 0 Å². The van der Waals surface area contributed by atoms with Gasteiger partial charge in [-0.05, 0) is 42.7 Å². The number of aryl methyl sites for hydroxylation is 1. The average Bonchev–Trinajstić information content (AvgIpc) is 2.63. The summed E-state index contributed by atoms with van der Waals surface area (Å²) in [4.78, 5) is 11.7. The quantitative estimate of drug-likeness (QED) is 0.279. The second-order valence-corrected chi connectivity index (χ2v) is 6.28. The smallest absolute Gasteiger partial charge is 0.395 e. The first-order valence-electron chi connectivity index (χ1n) is 9.31. The summed E-state index contributed by atoms with van der Waals surface area (Å²) in [7, 11) is 0. The van der Waals surface area contributed by atoms with Gasteiger partial charge in [0.1, 0.15) is 11.5 Å². The lowest BCUT2D eigenvalue weighted by molar-refractivity contribution is 0.152. The summed E-state index contributed by atoms with van der Waals surface area (Å²) in [6.07, 6.45) is 9.54. The lowest BCUT2D eigenvalue weighted by Crippen LogP contribution is -2.13. The molecule has 0 aliphatic rings. The third-order valence-electron chi connectivity index (χ3n) is 4.14. The summed E-state index contributed by atoms with van der Waals surface area (Å²) >= 11 is 0. The number of carbonyl (C=O) groups excluding carboxylic acids is 1. The Bertz CT molecular complexity index is 605. The molecule has 2 rings (SSSR count). The van der Waals surface area contributed by atoms with Crippen molar-refractivity contribution in [2.45, 2.75) is 58.3 Å². The highest BCUT2D eigenvalue weighted by Crippen LogP contribution is 2.17. The molecule has 0 amide bonds. The first kappa shape index (κ1) is 19.0. The average molecular weight is 340 g/mol. The van der Waals surface area contributed by atoms with Gasteiger partial charge < -0.3 is 9.47 Å². The van der Waals surface area contributed by atoms with Crippen LogP contribution >= 0.6 is 0 Å². The normalized spacial score (nSPS) is 10.4. The van der Waals surface area contributed by atoms with Crippen LogP contribution in [0.5, 0.6) is 11.5 Å². The maximum Gasteiger partial charge on any atom is 0.519 e. The Morgan fingerprint density at radius 3 is 1.92 bits per heavy atom. The molecule has 2 aromatic rings. The predicted octanol–water partition coefficient (Wildman–Crippen LogP) is 6.56. The van der Waals surface area contributed by atoms with E-state index in [9.17, 15) is 4.79 Å². The molecular formula is C22H28O3. The van der Waals surface area contributed by atoms with Gasteiger partial charge in [0.2, 0.25) is 0 Å². The van der Waals surface area contributed by atoms with E-state index in [-0.39, 0.29) is 0 Å². The van der Waals surface area contributed by atoms with E-state index in [1.807, 2.05) is 30.3 Å². The van der Waals surface area contributed by atoms with Gasteiger partial charge >= 0.3 is 6.16 Å². The molecule has 0 unspecified atom stereocenters. The summed E-state index contributed by atoms with van der Waals surface area (Å²) in [6, 6.07) is 16.6. The molecule has 0 bridgehead atoms. The molecule has 3 heteroatoms. The topological polar surface area (TPSA) is 35.5 Å². The molecule has 0 N–H and O–H groups in total. The van der Waals surface area contributed by atoms with Gasteiger partial charge in [-0.25, -0.2) is 4.79 Å². The molecule has 2 aromatic carbocycles. The lowest BCUT2D eigenvalue weighted by Gasteiger charge is -2.06. The zero-order valence-electron chi connectivity index (χ0n) is 15.1. The molecular weight excluding hydrogens is 312 g/mol. The van der Waals surface area contributed by atoms with E-state index in [4.69, 9.17) is 9.47 Å². The largest absolute Gasteiger partial charge is 0.519 e. The fourth-order valence-corrected chi connectivity index (χ4v) is 2.71. The molecule has 134 valence electrons. The van der Waals surface area contributed by atoms with Crippen LogP contribution in [0.2, 0.25) is 0 Å². The zero-order chi connectivity index (χ0) is 17.7. The number of hydrogen-bond acceptors (Lipinski definition) is 3. The van der Waals surface area contributed by atoms with Crippen molar-refractivity contribution in [2.24, 2.45) is 0 Å². The Balaban J connectivity index is 1.66. The summed E-state index contributed by atoms with van der Waals surface area (Å²) in [5, 5.41) is 0. The van der Waals surface area contributed by atoms with Crippen LogP contribution in [0.1, 0.15) is 57.4 Å². The molecule has 0 aromatic heterocycles. The Hall–Kier alpha value is -2.29. The van der Waals surface area contributed by atoms with Crippen LogP contribution in [0.25, 0.3) is 0 Å². The minimum Gasteiger partial charge on any atom is -0.395 e. The molecule has 0 spiro atoms. The van der Waals surface area contributed by atoms with Crippen LogP contribution in [-0.4, -0.2) is 6.16 Å². The minimum absolute atomic E-state index is 0.475. The predicted molar refractivity (Wildman–Crippen MR) is 101 cm³/mol. The monoisotopic (exact) mass is 340 g/mol. The molecule has 0 saturated carbocycles. The van der Waals surface area contributed by atoms with Gasteiger partial charge in [-0.1, -0.05) is 75.8 Å². The number of unbranched alkanes of at least 4 members (excludes halogenated alkanes) is 6. The van der Waals surface area contributed by atoms with Crippen LogP contribution in [0.4, 0.5) is 4.79 Å². The minimum atomic E-state index is -0.717. The Kier molecular flexibility index (Phi) is 8.60. The number of hydrogen-bond donors (Lipinski definition) is 0. The van der Waals surface area contributed by atoms with Crippen molar-refractivity contribution in [3.05, 3.63) is 60.2 Å². The van der Waals surface area contributed by atoms with Gasteiger partial charge in [0.05, 0.1) is 0 Å². The van der Waals surface area contributed by atoms with Gasteiger partial charge in [0.15, 0.2) is 0 Å². The molecule has 0 atom stereocenters. The van der Waals surface area contributed by atoms with Crippen LogP contribution in [-0.2, 0) is 6.42 Å². The first-order chi connectivity index (χ1) is 12.3. The van der Waals surface area contributed by atoms with Crippen molar-refractivity contribution in [1.82, 2.24) is 0 Å². The maximum absolute atomic E-state index is 11.7. The molecule has 3 nitrogen and oxygen atoms in total. The fourth-order valence-electron chi connectivity index (χ4n) is 2.71. The highest BCUT2D eigenvalue weighted by atomic mass is 16.7. The van der Waals surface area contributed by atoms with Crippen molar-refractivity contribution in [2.75, 3.05) is 0 Å². The lowest BCUT2D eigenvalue weighted by atomic mass is 10.0. The van der Waals surface area contributed by atoms with Gasteiger partial charge in [-0.3, -0.25) is 0 Å². The third-order valence-corrected chi connectivity index (χ3v) is 4.14. The number of para-hydroxylation sites is 1. The van der Waals surface area contributed by atoms with Crippen LogP contribution in [0.3, 0.4) is 0 Å². The molecule has 0 saturated heterocycles. The second kappa shape index (κ2) is 11.3. The van der Waals surface area contributed by atoms with Gasteiger partial charge in [-0.2, -0.15) is 0 Å². The van der Waals surface area contributed by atoms with E-state index in [0.717, 1.165) is 6.42 Å². The van der Waals surface area contributed by atoms with E-state index < -0.39 is 6.16 Å². The van der Waals surface area contributed by atoms with Crippen LogP contribution in [0, 0.1) is 0 Å². The van der Waals surface area contributed by atoms with Crippen molar-refractivity contribution in [3.8, 4) is 11.5 Å². The Morgan fingerprint density at radius 2 is 1.28 bits per heavy atom. The summed E-state index contributed by atoms with van der Waals surface area (Å²) in [5.74, 6) is 0.979. The number of carbonyl (C=O) groups is 1. The summed E-state index contributed by atoms with van der Waals surface area (Å²) in [6.45, 7) is 2.24. The SMILES string of the molecule is CCCCCCCCCc1ccc(OC(=O)Oc2ccccc2)cc1. The molecule has 0 radical (unpaired) electrons. The third kappa shape index (κ3) is 7.88. The number of benzene rings is 2. The maximum atomic E-state index is 11.7. The standard InChI is InChI=1S/C22H28O3/c1-2-3-4-5-6-7-9-12-19-15-17-21(18-16-19)25-22(23)24-20-13-10-8-11-14-20/h8,10-11,13-18H,2-7,9,12H2,1H3. The van der Waals surface area contributed by atoms with Gasteiger partial charge in [0.25, 0.3) is 0 Å². The van der Waals surface area contributed by atoms with Crippen molar-refractivity contribution < 1.29 is 14.3 Å². The number of rotatable bonds is 10. The summed E-state index contributed by atoms with van der Waals surface area (Å²) in [5.41, 5.74) is 1.28. The highest BCUT2D eigenvalue weighted by molar-refractivity contribution is 5.67. The zero-order valence-corrected chi connectivity index (χ0v) is 15.1. The van der Waals surface area contributed by atoms with Crippen LogP contribution < -0.4 is 9.47 Å².